The molecule has 0 aliphatic rings. The van der Waals surface area contributed by atoms with Crippen LogP contribution in [0.5, 0.6) is 0 Å². The normalized spacial score (nSPS) is 10.6. The monoisotopic (exact) mass is 211 g/mol. The SMILES string of the molecule is [Ru][PH]c1ccccc1. The van der Waals surface area contributed by atoms with E-state index in [4.69, 9.17) is 0 Å². The summed E-state index contributed by atoms with van der Waals surface area (Å²) in [7, 11) is 0. The zero-order chi connectivity index (χ0) is 5.82. The van der Waals surface area contributed by atoms with E-state index in [-0.39, 0.29) is 0 Å². The Morgan fingerprint density at radius 3 is 2.12 bits per heavy atom. The van der Waals surface area contributed by atoms with E-state index in [2.05, 4.69) is 42.1 Å². The molecule has 1 aromatic carbocycles. The molecule has 2 heteroatoms. The Hall–Kier alpha value is 0.273. The van der Waals surface area contributed by atoms with E-state index in [1.807, 2.05) is 6.07 Å². The minimum absolute atomic E-state index is 0.860. The van der Waals surface area contributed by atoms with E-state index in [1.54, 1.807) is 0 Å². The maximum absolute atomic E-state index is 2.64. The summed E-state index contributed by atoms with van der Waals surface area (Å²) in [5, 5.41) is 1.41. The van der Waals surface area contributed by atoms with Crippen LogP contribution in [0.15, 0.2) is 30.3 Å². The molecule has 0 aliphatic carbocycles. The molecule has 0 saturated carbocycles. The average molecular weight is 210 g/mol. The predicted molar refractivity (Wildman–Crippen MR) is 34.4 cm³/mol. The molecule has 0 amide bonds. The third kappa shape index (κ3) is 1.65. The summed E-state index contributed by atoms with van der Waals surface area (Å²) in [6.45, 7) is 0.860. The fourth-order valence-electron chi connectivity index (χ4n) is 0.497. The van der Waals surface area contributed by atoms with Crippen LogP contribution in [0, 0.1) is 0 Å². The van der Waals surface area contributed by atoms with Crippen molar-refractivity contribution in [3.8, 4) is 0 Å². The van der Waals surface area contributed by atoms with Gasteiger partial charge in [-0.1, -0.05) is 0 Å². The van der Waals surface area contributed by atoms with Crippen LogP contribution in [0.1, 0.15) is 0 Å². The van der Waals surface area contributed by atoms with Gasteiger partial charge in [0.2, 0.25) is 0 Å². The number of benzene rings is 1. The van der Waals surface area contributed by atoms with Crippen molar-refractivity contribution in [3.63, 3.8) is 0 Å². The topological polar surface area (TPSA) is 0 Å². The molecule has 8 heavy (non-hydrogen) atoms. The van der Waals surface area contributed by atoms with Gasteiger partial charge in [-0.15, -0.1) is 0 Å². The van der Waals surface area contributed by atoms with Gasteiger partial charge in [0.15, 0.2) is 0 Å². The third-order valence-corrected chi connectivity index (χ3v) is 2.92. The molecule has 1 rings (SSSR count). The second-order valence-electron chi connectivity index (χ2n) is 1.45. The van der Waals surface area contributed by atoms with Gasteiger partial charge < -0.3 is 0 Å². The third-order valence-electron chi connectivity index (χ3n) is 0.876. The molecule has 0 radical (unpaired) electrons. The van der Waals surface area contributed by atoms with Crippen LogP contribution >= 0.6 is 6.91 Å². The van der Waals surface area contributed by atoms with Gasteiger partial charge in [-0.25, -0.2) is 0 Å². The molecule has 0 spiro atoms. The number of rotatable bonds is 1. The summed E-state index contributed by atoms with van der Waals surface area (Å²) >= 11 is 2.64. The van der Waals surface area contributed by atoms with E-state index in [0.29, 0.717) is 0 Å². The van der Waals surface area contributed by atoms with Crippen molar-refractivity contribution >= 4 is 12.2 Å². The van der Waals surface area contributed by atoms with Crippen LogP contribution in [-0.2, 0) is 17.8 Å². The first-order valence-corrected chi connectivity index (χ1v) is 5.80. The van der Waals surface area contributed by atoms with E-state index in [0.717, 1.165) is 6.91 Å². The minimum atomic E-state index is 0.860. The van der Waals surface area contributed by atoms with Gasteiger partial charge in [0.25, 0.3) is 0 Å². The van der Waals surface area contributed by atoms with E-state index < -0.39 is 0 Å². The molecule has 0 bridgehead atoms. The summed E-state index contributed by atoms with van der Waals surface area (Å²) in [6, 6.07) is 10.4. The van der Waals surface area contributed by atoms with Crippen LogP contribution in [0.2, 0.25) is 0 Å². The molecule has 1 unspecified atom stereocenters. The maximum atomic E-state index is 2.64. The first-order chi connectivity index (χ1) is 3.93. The molecule has 0 N–H and O–H groups in total. The molecule has 0 aliphatic heterocycles. The standard InChI is InChI=1S/C6H6P.Ru/c7-6-4-2-1-3-5-6;/h1-5,7H;/q-1;+1. The first-order valence-electron chi connectivity index (χ1n) is 2.34. The van der Waals surface area contributed by atoms with Crippen molar-refractivity contribution in [1.29, 1.82) is 0 Å². The first kappa shape index (κ1) is 6.39. The Morgan fingerprint density at radius 1 is 1.12 bits per heavy atom. The Balaban J connectivity index is 2.83. The van der Waals surface area contributed by atoms with Crippen molar-refractivity contribution in [2.45, 2.75) is 0 Å². The summed E-state index contributed by atoms with van der Waals surface area (Å²) < 4.78 is 0. The zero-order valence-electron chi connectivity index (χ0n) is 4.24. The molecule has 43 valence electrons. The molecule has 0 aromatic heterocycles. The van der Waals surface area contributed by atoms with Crippen LogP contribution in [-0.4, -0.2) is 0 Å². The van der Waals surface area contributed by atoms with Gasteiger partial charge in [-0.3, -0.25) is 0 Å². The van der Waals surface area contributed by atoms with Crippen LogP contribution in [0.25, 0.3) is 0 Å². The molecule has 0 fully saturated rings. The fourth-order valence-corrected chi connectivity index (χ4v) is 1.68. The average Bonchev–Trinajstić information content (AvgIpc) is 1.90. The Morgan fingerprint density at radius 2 is 1.75 bits per heavy atom. The predicted octanol–water partition coefficient (Wildman–Crippen LogP) is 1.45. The fraction of sp³-hybridized carbons (Fsp3) is 0. The van der Waals surface area contributed by atoms with Gasteiger partial charge in [-0.05, 0) is 0 Å². The van der Waals surface area contributed by atoms with Gasteiger partial charge in [0, 0.05) is 0 Å². The van der Waals surface area contributed by atoms with E-state index >= 15 is 0 Å². The van der Waals surface area contributed by atoms with Crippen molar-refractivity contribution < 1.29 is 17.8 Å². The molecule has 0 nitrogen and oxygen atoms in total. The van der Waals surface area contributed by atoms with Crippen molar-refractivity contribution in [2.24, 2.45) is 0 Å². The van der Waals surface area contributed by atoms with Crippen LogP contribution in [0.4, 0.5) is 0 Å². The van der Waals surface area contributed by atoms with E-state index in [9.17, 15) is 0 Å². The van der Waals surface area contributed by atoms with Crippen molar-refractivity contribution in [1.82, 2.24) is 0 Å². The molecule has 0 saturated heterocycles. The van der Waals surface area contributed by atoms with Crippen molar-refractivity contribution in [2.75, 3.05) is 0 Å². The number of hydrogen-bond acceptors (Lipinski definition) is 0. The number of hydrogen-bond donors (Lipinski definition) is 0. The second kappa shape index (κ2) is 3.33. The van der Waals surface area contributed by atoms with Gasteiger partial charge in [0.05, 0.1) is 0 Å². The summed E-state index contributed by atoms with van der Waals surface area (Å²) in [5.41, 5.74) is 0. The van der Waals surface area contributed by atoms with Gasteiger partial charge >= 0.3 is 60.4 Å². The van der Waals surface area contributed by atoms with Gasteiger partial charge in [-0.2, -0.15) is 0 Å². The molecule has 1 aromatic rings. The van der Waals surface area contributed by atoms with Crippen LogP contribution < -0.4 is 5.30 Å². The quantitative estimate of drug-likeness (QED) is 0.486. The molecule has 0 heterocycles. The Labute approximate surface area is 60.7 Å². The van der Waals surface area contributed by atoms with Crippen molar-refractivity contribution in [3.05, 3.63) is 30.3 Å². The summed E-state index contributed by atoms with van der Waals surface area (Å²) in [4.78, 5) is 0. The summed E-state index contributed by atoms with van der Waals surface area (Å²) in [6.07, 6.45) is 0. The molecular weight excluding hydrogens is 204 g/mol. The van der Waals surface area contributed by atoms with Crippen LogP contribution in [0.3, 0.4) is 0 Å². The second-order valence-corrected chi connectivity index (χ2v) is 3.51. The van der Waals surface area contributed by atoms with Gasteiger partial charge in [0.1, 0.15) is 0 Å². The molecule has 1 atom stereocenters. The zero-order valence-corrected chi connectivity index (χ0v) is 6.98. The Kier molecular flexibility index (Phi) is 2.66. The molecular formula is C6H6PRu. The summed E-state index contributed by atoms with van der Waals surface area (Å²) in [5.74, 6) is 0. The van der Waals surface area contributed by atoms with E-state index in [1.165, 1.54) is 5.30 Å². The Bertz CT molecular complexity index is 150.